The molecule has 0 saturated carbocycles. The molecule has 0 aromatic heterocycles. The Hall–Kier alpha value is -1.51. The molecule has 0 aliphatic heterocycles. The van der Waals surface area contributed by atoms with Crippen molar-refractivity contribution in [3.63, 3.8) is 0 Å². The fourth-order valence-corrected chi connectivity index (χ4v) is 3.45. The maximum atomic E-state index is 11.2. The average molecular weight is 391 g/mol. The molecular weight excluding hydrogens is 348 g/mol. The predicted molar refractivity (Wildman–Crippen MR) is 118 cm³/mol. The minimum atomic E-state index is -1.20. The summed E-state index contributed by atoms with van der Waals surface area (Å²) in [4.78, 5) is 11.2. The van der Waals surface area contributed by atoms with Gasteiger partial charge in [-0.1, -0.05) is 96.1 Å². The zero-order valence-corrected chi connectivity index (χ0v) is 18.5. The first-order chi connectivity index (χ1) is 13.5. The summed E-state index contributed by atoms with van der Waals surface area (Å²) in [5.41, 5.74) is 0.0236. The van der Waals surface area contributed by atoms with Crippen LogP contribution in [0.1, 0.15) is 110 Å². The third-order valence-corrected chi connectivity index (χ3v) is 5.36. The van der Waals surface area contributed by atoms with Gasteiger partial charge in [0.2, 0.25) is 0 Å². The van der Waals surface area contributed by atoms with Crippen molar-refractivity contribution in [2.75, 3.05) is 0 Å². The third-order valence-electron chi connectivity index (χ3n) is 5.36. The van der Waals surface area contributed by atoms with E-state index in [4.69, 9.17) is 4.74 Å². The van der Waals surface area contributed by atoms with E-state index in [0.717, 1.165) is 6.42 Å². The molecule has 0 amide bonds. The number of carbonyl (C=O) groups is 1. The summed E-state index contributed by atoms with van der Waals surface area (Å²) in [6, 6.07) is 7.86. The first kappa shape index (κ1) is 24.5. The third kappa shape index (κ3) is 11.4. The molecule has 0 radical (unpaired) electrons. The van der Waals surface area contributed by atoms with Gasteiger partial charge in [-0.3, -0.25) is 0 Å². The van der Waals surface area contributed by atoms with E-state index >= 15 is 0 Å². The Labute approximate surface area is 172 Å². The maximum absolute atomic E-state index is 11.2. The Morgan fingerprint density at radius 2 is 1.36 bits per heavy atom. The number of unbranched alkanes of at least 4 members (excludes halogenated alkanes) is 12. The number of rotatable bonds is 17. The van der Waals surface area contributed by atoms with E-state index in [1.54, 1.807) is 13.8 Å². The van der Waals surface area contributed by atoms with Gasteiger partial charge in [0.15, 0.2) is 5.60 Å². The smallest absolute Gasteiger partial charge is 0.347 e. The summed E-state index contributed by atoms with van der Waals surface area (Å²) < 4.78 is 5.62. The lowest BCUT2D eigenvalue weighted by molar-refractivity contribution is -0.152. The highest BCUT2D eigenvalue weighted by molar-refractivity contribution is 5.76. The van der Waals surface area contributed by atoms with Gasteiger partial charge < -0.3 is 9.84 Å². The molecular formula is C25H42O3. The van der Waals surface area contributed by atoms with Gasteiger partial charge in [-0.2, -0.15) is 0 Å². The number of ether oxygens (including phenoxy) is 1. The van der Waals surface area contributed by atoms with E-state index in [1.165, 1.54) is 89.0 Å². The first-order valence-electron chi connectivity index (χ1n) is 11.5. The van der Waals surface area contributed by atoms with E-state index in [1.807, 2.05) is 18.2 Å². The van der Waals surface area contributed by atoms with E-state index in [9.17, 15) is 9.90 Å². The molecule has 0 saturated heterocycles. The fraction of sp³-hybridized carbons (Fsp3) is 0.720. The highest BCUT2D eigenvalue weighted by Crippen LogP contribution is 2.21. The van der Waals surface area contributed by atoms with E-state index < -0.39 is 11.6 Å². The number of hydrogen-bond donors (Lipinski definition) is 1. The van der Waals surface area contributed by atoms with Crippen molar-refractivity contribution in [3.05, 3.63) is 29.8 Å². The Morgan fingerprint density at radius 1 is 0.857 bits per heavy atom. The zero-order valence-electron chi connectivity index (χ0n) is 18.5. The minimum absolute atomic E-state index is 0.639. The van der Waals surface area contributed by atoms with Crippen LogP contribution in [0.4, 0.5) is 0 Å². The predicted octanol–water partition coefficient (Wildman–Crippen LogP) is 7.56. The standard InChI is InChI=1S/C25H42O3/c1-4-5-6-7-8-9-10-11-12-13-14-15-16-18-22-19-17-20-23(21-22)28-25(2,3)24(26)27/h17,19-21H,4-16,18H2,1-3H3,(H,26,27). The van der Waals surface area contributed by atoms with Crippen LogP contribution in [0, 0.1) is 0 Å². The van der Waals surface area contributed by atoms with Gasteiger partial charge in [-0.15, -0.1) is 0 Å². The Kier molecular flexibility index (Phi) is 12.7. The zero-order chi connectivity index (χ0) is 20.7. The topological polar surface area (TPSA) is 46.5 Å². The largest absolute Gasteiger partial charge is 0.478 e. The van der Waals surface area contributed by atoms with Crippen LogP contribution in [0.25, 0.3) is 0 Å². The van der Waals surface area contributed by atoms with Gasteiger partial charge in [0.05, 0.1) is 0 Å². The highest BCUT2D eigenvalue weighted by atomic mass is 16.5. The summed E-state index contributed by atoms with van der Waals surface area (Å²) in [5.74, 6) is -0.311. The van der Waals surface area contributed by atoms with Crippen molar-refractivity contribution in [1.82, 2.24) is 0 Å². The van der Waals surface area contributed by atoms with E-state index in [2.05, 4.69) is 13.0 Å². The Morgan fingerprint density at radius 3 is 1.86 bits per heavy atom. The first-order valence-corrected chi connectivity index (χ1v) is 11.5. The molecule has 0 bridgehead atoms. The van der Waals surface area contributed by atoms with Crippen LogP contribution >= 0.6 is 0 Å². The van der Waals surface area contributed by atoms with Gasteiger partial charge in [-0.25, -0.2) is 4.79 Å². The second-order valence-corrected chi connectivity index (χ2v) is 8.56. The number of carboxylic acid groups (broad SMARTS) is 1. The Balaban J connectivity index is 2.06. The molecule has 1 aromatic rings. The molecule has 160 valence electrons. The monoisotopic (exact) mass is 390 g/mol. The fourth-order valence-electron chi connectivity index (χ4n) is 3.45. The maximum Gasteiger partial charge on any atom is 0.347 e. The molecule has 1 N–H and O–H groups in total. The number of carboxylic acids is 1. The molecule has 0 aliphatic carbocycles. The second-order valence-electron chi connectivity index (χ2n) is 8.56. The van der Waals surface area contributed by atoms with Crippen LogP contribution in [0.5, 0.6) is 5.75 Å². The molecule has 3 heteroatoms. The Bertz CT molecular complexity index is 536. The summed E-state index contributed by atoms with van der Waals surface area (Å²) in [6.45, 7) is 5.43. The minimum Gasteiger partial charge on any atom is -0.478 e. The van der Waals surface area contributed by atoms with Gasteiger partial charge in [0, 0.05) is 0 Å². The van der Waals surface area contributed by atoms with E-state index in [0.29, 0.717) is 5.75 Å². The van der Waals surface area contributed by atoms with Crippen molar-refractivity contribution in [1.29, 1.82) is 0 Å². The van der Waals surface area contributed by atoms with Gasteiger partial charge in [0.25, 0.3) is 0 Å². The van der Waals surface area contributed by atoms with Crippen LogP contribution in [0.2, 0.25) is 0 Å². The van der Waals surface area contributed by atoms with Crippen molar-refractivity contribution in [2.24, 2.45) is 0 Å². The molecule has 1 rings (SSSR count). The normalized spacial score (nSPS) is 11.5. The van der Waals surface area contributed by atoms with Crippen LogP contribution in [-0.2, 0) is 11.2 Å². The SMILES string of the molecule is CCCCCCCCCCCCCCCc1cccc(OC(C)(C)C(=O)O)c1. The lowest BCUT2D eigenvalue weighted by Crippen LogP contribution is -2.37. The van der Waals surface area contributed by atoms with Crippen molar-refractivity contribution in [2.45, 2.75) is 116 Å². The van der Waals surface area contributed by atoms with Crippen LogP contribution in [-0.4, -0.2) is 16.7 Å². The summed E-state index contributed by atoms with van der Waals surface area (Å²) in [6.07, 6.45) is 18.8. The molecule has 0 aliphatic rings. The molecule has 0 fully saturated rings. The molecule has 3 nitrogen and oxygen atoms in total. The quantitative estimate of drug-likeness (QED) is 0.279. The number of aryl methyl sites for hydroxylation is 1. The van der Waals surface area contributed by atoms with Crippen molar-refractivity contribution in [3.8, 4) is 5.75 Å². The van der Waals surface area contributed by atoms with Crippen molar-refractivity contribution >= 4 is 5.97 Å². The average Bonchev–Trinajstić information content (AvgIpc) is 2.65. The highest BCUT2D eigenvalue weighted by Gasteiger charge is 2.29. The number of hydrogen-bond acceptors (Lipinski definition) is 2. The second kappa shape index (κ2) is 14.5. The molecule has 28 heavy (non-hydrogen) atoms. The number of benzene rings is 1. The molecule has 0 spiro atoms. The van der Waals surface area contributed by atoms with Crippen LogP contribution in [0.3, 0.4) is 0 Å². The summed E-state index contributed by atoms with van der Waals surface area (Å²) in [7, 11) is 0. The van der Waals surface area contributed by atoms with Gasteiger partial charge in [-0.05, 0) is 44.4 Å². The van der Waals surface area contributed by atoms with Crippen LogP contribution in [0.15, 0.2) is 24.3 Å². The molecule has 1 aromatic carbocycles. The van der Waals surface area contributed by atoms with Crippen LogP contribution < -0.4 is 4.74 Å². The van der Waals surface area contributed by atoms with E-state index in [-0.39, 0.29) is 0 Å². The lowest BCUT2D eigenvalue weighted by Gasteiger charge is -2.21. The van der Waals surface area contributed by atoms with Crippen molar-refractivity contribution < 1.29 is 14.6 Å². The molecule has 0 atom stereocenters. The molecule has 0 unspecified atom stereocenters. The summed E-state index contributed by atoms with van der Waals surface area (Å²) in [5, 5.41) is 9.18. The van der Waals surface area contributed by atoms with Gasteiger partial charge >= 0.3 is 5.97 Å². The number of aliphatic carboxylic acids is 1. The molecule has 0 heterocycles. The van der Waals surface area contributed by atoms with Gasteiger partial charge in [0.1, 0.15) is 5.75 Å². The summed E-state index contributed by atoms with van der Waals surface area (Å²) >= 11 is 0. The lowest BCUT2D eigenvalue weighted by atomic mass is 10.0.